The van der Waals surface area contributed by atoms with Gasteiger partial charge in [0.1, 0.15) is 5.75 Å². The summed E-state index contributed by atoms with van der Waals surface area (Å²) in [4.78, 5) is 12.0. The monoisotopic (exact) mass is 429 g/mol. The average Bonchev–Trinajstić information content (AvgIpc) is 2.56. The van der Waals surface area contributed by atoms with Crippen LogP contribution in [0.3, 0.4) is 0 Å². The number of halogens is 3. The number of amides is 1. The van der Waals surface area contributed by atoms with E-state index in [-0.39, 0.29) is 12.5 Å². The number of hydrogen-bond donors (Lipinski definition) is 1. The van der Waals surface area contributed by atoms with E-state index in [1.54, 1.807) is 18.2 Å². The van der Waals surface area contributed by atoms with Crippen molar-refractivity contribution >= 4 is 50.7 Å². The van der Waals surface area contributed by atoms with E-state index in [0.29, 0.717) is 27.4 Å². The first-order chi connectivity index (χ1) is 11.4. The zero-order chi connectivity index (χ0) is 17.7. The molecule has 2 aromatic carbocycles. The highest BCUT2D eigenvalue weighted by Crippen LogP contribution is 2.30. The molecule has 0 fully saturated rings. The Balaban J connectivity index is 1.95. The van der Waals surface area contributed by atoms with Gasteiger partial charge in [0.25, 0.3) is 5.91 Å². The third-order valence-electron chi connectivity index (χ3n) is 3.70. The summed E-state index contributed by atoms with van der Waals surface area (Å²) >= 11 is 15.3. The smallest absolute Gasteiger partial charge is 0.262 e. The van der Waals surface area contributed by atoms with Crippen LogP contribution in [0.2, 0.25) is 10.0 Å². The number of ether oxygens (including phenoxy) is 1. The molecule has 6 heteroatoms. The fraction of sp³-hybridized carbons (Fsp3) is 0.278. The molecule has 0 aromatic heterocycles. The number of carbonyl (C=O) groups is 1. The van der Waals surface area contributed by atoms with Crippen molar-refractivity contribution in [1.29, 1.82) is 0 Å². The van der Waals surface area contributed by atoms with Crippen LogP contribution in [0.25, 0.3) is 0 Å². The van der Waals surface area contributed by atoms with Crippen LogP contribution in [0.1, 0.15) is 31.7 Å². The van der Waals surface area contributed by atoms with Crippen molar-refractivity contribution in [3.05, 3.63) is 56.5 Å². The fourth-order valence-corrected chi connectivity index (χ4v) is 2.90. The molecule has 24 heavy (non-hydrogen) atoms. The van der Waals surface area contributed by atoms with Gasteiger partial charge in [0.15, 0.2) is 6.61 Å². The van der Waals surface area contributed by atoms with Crippen molar-refractivity contribution in [2.24, 2.45) is 0 Å². The zero-order valence-electron chi connectivity index (χ0n) is 13.4. The summed E-state index contributed by atoms with van der Waals surface area (Å²) in [6.45, 7) is 4.23. The van der Waals surface area contributed by atoms with E-state index in [4.69, 9.17) is 27.9 Å². The van der Waals surface area contributed by atoms with Gasteiger partial charge in [-0.25, -0.2) is 0 Å². The number of hydrogen-bond acceptors (Lipinski definition) is 2. The molecular weight excluding hydrogens is 413 g/mol. The van der Waals surface area contributed by atoms with Gasteiger partial charge in [-0.1, -0.05) is 43.1 Å². The molecule has 1 unspecified atom stereocenters. The number of carbonyl (C=O) groups excluding carboxylic acids is 1. The van der Waals surface area contributed by atoms with Gasteiger partial charge in [-0.3, -0.25) is 4.79 Å². The van der Waals surface area contributed by atoms with Crippen LogP contribution in [0.15, 0.2) is 40.9 Å². The van der Waals surface area contributed by atoms with Gasteiger partial charge in [0, 0.05) is 5.69 Å². The minimum absolute atomic E-state index is 0.0957. The van der Waals surface area contributed by atoms with E-state index in [1.165, 1.54) is 5.56 Å². The third-order valence-corrected chi connectivity index (χ3v) is 5.06. The lowest BCUT2D eigenvalue weighted by molar-refractivity contribution is -0.118. The van der Waals surface area contributed by atoms with Crippen molar-refractivity contribution in [1.82, 2.24) is 0 Å². The lowest BCUT2D eigenvalue weighted by atomic mass is 9.99. The first-order valence-electron chi connectivity index (χ1n) is 7.57. The Labute approximate surface area is 160 Å². The lowest BCUT2D eigenvalue weighted by Crippen LogP contribution is -2.20. The van der Waals surface area contributed by atoms with Crippen LogP contribution in [-0.4, -0.2) is 12.5 Å². The van der Waals surface area contributed by atoms with Gasteiger partial charge < -0.3 is 10.1 Å². The molecule has 0 saturated carbocycles. The normalized spacial score (nSPS) is 11.9. The Bertz CT molecular complexity index is 737. The first-order valence-corrected chi connectivity index (χ1v) is 9.12. The SMILES string of the molecule is CCC(C)c1ccc(OCC(=O)Nc2ccc(Cl)c(Cl)c2)c(Br)c1. The minimum atomic E-state index is -0.272. The summed E-state index contributed by atoms with van der Waals surface area (Å²) in [6.07, 6.45) is 1.07. The van der Waals surface area contributed by atoms with Crippen molar-refractivity contribution in [3.63, 3.8) is 0 Å². The summed E-state index contributed by atoms with van der Waals surface area (Å²) in [5.41, 5.74) is 1.81. The fourth-order valence-electron chi connectivity index (χ4n) is 2.09. The summed E-state index contributed by atoms with van der Waals surface area (Å²) in [5.74, 6) is 0.839. The van der Waals surface area contributed by atoms with Crippen molar-refractivity contribution in [2.45, 2.75) is 26.2 Å². The highest BCUT2D eigenvalue weighted by atomic mass is 79.9. The molecule has 0 aliphatic heterocycles. The van der Waals surface area contributed by atoms with Gasteiger partial charge in [-0.15, -0.1) is 0 Å². The number of rotatable bonds is 6. The predicted molar refractivity (Wildman–Crippen MR) is 103 cm³/mol. The van der Waals surface area contributed by atoms with E-state index in [2.05, 4.69) is 35.1 Å². The van der Waals surface area contributed by atoms with E-state index in [9.17, 15) is 4.79 Å². The summed E-state index contributed by atoms with van der Waals surface area (Å²) in [5, 5.41) is 3.54. The van der Waals surface area contributed by atoms with Gasteiger partial charge in [-0.05, 0) is 64.2 Å². The maximum absolute atomic E-state index is 12.0. The summed E-state index contributed by atoms with van der Waals surface area (Å²) in [6, 6.07) is 10.8. The second-order valence-electron chi connectivity index (χ2n) is 5.46. The molecule has 0 aliphatic carbocycles. The maximum atomic E-state index is 12.0. The van der Waals surface area contributed by atoms with Gasteiger partial charge in [-0.2, -0.15) is 0 Å². The van der Waals surface area contributed by atoms with Gasteiger partial charge in [0.2, 0.25) is 0 Å². The molecule has 2 aromatic rings. The molecule has 1 amide bonds. The summed E-state index contributed by atoms with van der Waals surface area (Å²) < 4.78 is 6.41. The molecule has 1 atom stereocenters. The number of nitrogens with one attached hydrogen (secondary N) is 1. The quantitative estimate of drug-likeness (QED) is 0.584. The van der Waals surface area contributed by atoms with Gasteiger partial charge >= 0.3 is 0 Å². The number of anilines is 1. The van der Waals surface area contributed by atoms with E-state index < -0.39 is 0 Å². The number of benzene rings is 2. The Kier molecular flexibility index (Phi) is 6.96. The van der Waals surface area contributed by atoms with Crippen LogP contribution in [0.4, 0.5) is 5.69 Å². The molecule has 0 radical (unpaired) electrons. The molecule has 0 heterocycles. The second-order valence-corrected chi connectivity index (χ2v) is 7.13. The zero-order valence-corrected chi connectivity index (χ0v) is 16.5. The third kappa shape index (κ3) is 5.13. The molecule has 3 nitrogen and oxygen atoms in total. The largest absolute Gasteiger partial charge is 0.483 e. The predicted octanol–water partition coefficient (Wildman–Crippen LogP) is 6.29. The Morgan fingerprint density at radius 1 is 1.21 bits per heavy atom. The van der Waals surface area contributed by atoms with Crippen molar-refractivity contribution in [2.75, 3.05) is 11.9 Å². The second kappa shape index (κ2) is 8.75. The van der Waals surface area contributed by atoms with Crippen LogP contribution in [-0.2, 0) is 4.79 Å². The minimum Gasteiger partial charge on any atom is -0.483 e. The van der Waals surface area contributed by atoms with Gasteiger partial charge in [0.05, 0.1) is 14.5 Å². The standard InChI is InChI=1S/C18H18BrCl2NO2/c1-3-11(2)12-4-7-17(14(19)8-12)24-10-18(23)22-13-5-6-15(20)16(21)9-13/h4-9,11H,3,10H2,1-2H3,(H,22,23). The molecule has 0 spiro atoms. The molecular formula is C18H18BrCl2NO2. The molecule has 1 N–H and O–H groups in total. The molecule has 128 valence electrons. The lowest BCUT2D eigenvalue weighted by Gasteiger charge is -2.13. The van der Waals surface area contributed by atoms with E-state index in [1.807, 2.05) is 18.2 Å². The Hall–Kier alpha value is -1.23. The maximum Gasteiger partial charge on any atom is 0.262 e. The summed E-state index contributed by atoms with van der Waals surface area (Å²) in [7, 11) is 0. The average molecular weight is 431 g/mol. The molecule has 0 aliphatic rings. The van der Waals surface area contributed by atoms with E-state index >= 15 is 0 Å². The highest BCUT2D eigenvalue weighted by molar-refractivity contribution is 9.10. The topological polar surface area (TPSA) is 38.3 Å². The van der Waals surface area contributed by atoms with Crippen LogP contribution >= 0.6 is 39.1 Å². The van der Waals surface area contributed by atoms with Crippen LogP contribution in [0.5, 0.6) is 5.75 Å². The molecule has 2 rings (SSSR count). The Morgan fingerprint density at radius 2 is 1.96 bits per heavy atom. The highest BCUT2D eigenvalue weighted by Gasteiger charge is 2.10. The van der Waals surface area contributed by atoms with Crippen molar-refractivity contribution in [3.8, 4) is 5.75 Å². The van der Waals surface area contributed by atoms with Crippen molar-refractivity contribution < 1.29 is 9.53 Å². The van der Waals surface area contributed by atoms with Crippen LogP contribution < -0.4 is 10.1 Å². The Morgan fingerprint density at radius 3 is 2.58 bits per heavy atom. The first kappa shape index (κ1) is 19.1. The van der Waals surface area contributed by atoms with Crippen LogP contribution in [0, 0.1) is 0 Å². The molecule has 0 bridgehead atoms. The molecule has 0 saturated heterocycles. The van der Waals surface area contributed by atoms with E-state index in [0.717, 1.165) is 10.9 Å².